The van der Waals surface area contributed by atoms with Gasteiger partial charge in [0.1, 0.15) is 28.7 Å². The molecule has 9 N–H and O–H groups in total. The van der Waals surface area contributed by atoms with E-state index in [0.717, 1.165) is 6.08 Å². The molecule has 3 rings (SSSR count). The topological polar surface area (TPSA) is 285 Å². The molecule has 290 valence electrons. The van der Waals surface area contributed by atoms with E-state index in [1.807, 2.05) is 0 Å². The van der Waals surface area contributed by atoms with Crippen LogP contribution in [0, 0.1) is 0 Å². The van der Waals surface area contributed by atoms with Crippen LogP contribution in [0.3, 0.4) is 0 Å². The van der Waals surface area contributed by atoms with E-state index in [2.05, 4.69) is 72.9 Å². The number of hydrogen-bond acceptors (Lipinski definition) is 15. The van der Waals surface area contributed by atoms with Crippen molar-refractivity contribution in [1.29, 1.82) is 0 Å². The Morgan fingerprint density at radius 2 is 1.26 bits per heavy atom. The lowest BCUT2D eigenvalue weighted by Gasteiger charge is -2.14. The Balaban J connectivity index is 1.57. The largest absolute Gasteiger partial charge is 0.507 e. The highest BCUT2D eigenvalue weighted by Gasteiger charge is 2.22. The first-order valence-corrected chi connectivity index (χ1v) is 21.0. The summed E-state index contributed by atoms with van der Waals surface area (Å²) >= 11 is 9.51. The molecule has 0 aliphatic carbocycles. The highest BCUT2D eigenvalue weighted by Crippen LogP contribution is 2.44. The molecule has 0 atom stereocenters. The molecule has 0 fully saturated rings. The smallest absolute Gasteiger partial charge is 0.446 e. The van der Waals surface area contributed by atoms with Crippen molar-refractivity contribution >= 4 is 115 Å². The maximum Gasteiger partial charge on any atom is 0.446 e. The van der Waals surface area contributed by atoms with Gasteiger partial charge < -0.3 is 45.7 Å². The van der Waals surface area contributed by atoms with Crippen molar-refractivity contribution in [2.24, 2.45) is 10.3 Å². The zero-order chi connectivity index (χ0) is 40.2. The second kappa shape index (κ2) is 20.6. The fourth-order valence-electron chi connectivity index (χ4n) is 4.36. The quantitative estimate of drug-likeness (QED) is 0.0118. The van der Waals surface area contributed by atoms with Crippen LogP contribution >= 0.6 is 69.4 Å². The van der Waals surface area contributed by atoms with Gasteiger partial charge in [0, 0.05) is 48.6 Å². The molecule has 0 unspecified atom stereocenters. The van der Waals surface area contributed by atoms with Gasteiger partial charge in [0.25, 0.3) is 11.8 Å². The van der Waals surface area contributed by atoms with Gasteiger partial charge in [-0.05, 0) is 107 Å². The number of carboxylic acids is 1. The number of halogens is 3. The third-order valence-electron chi connectivity index (χ3n) is 6.75. The van der Waals surface area contributed by atoms with Crippen molar-refractivity contribution in [3.63, 3.8) is 0 Å². The number of oxime groups is 2. The predicted molar refractivity (Wildman–Crippen MR) is 211 cm³/mol. The molecule has 0 aromatic heterocycles. The first kappa shape index (κ1) is 44.4. The van der Waals surface area contributed by atoms with Gasteiger partial charge in [0.2, 0.25) is 5.76 Å². The first-order chi connectivity index (χ1) is 25.4. The molecule has 23 heteroatoms. The van der Waals surface area contributed by atoms with Gasteiger partial charge in [-0.25, -0.2) is 4.79 Å². The minimum Gasteiger partial charge on any atom is -0.507 e. The summed E-state index contributed by atoms with van der Waals surface area (Å²) in [6.07, 6.45) is 0.545. The lowest BCUT2D eigenvalue weighted by atomic mass is 9.97. The molecular weight excluding hydrogens is 972 g/mol. The van der Waals surface area contributed by atoms with Crippen LogP contribution in [-0.2, 0) is 41.8 Å². The number of benzene rings is 3. The van der Waals surface area contributed by atoms with Crippen LogP contribution in [-0.4, -0.2) is 97.6 Å². The molecule has 0 heterocycles. The Kier molecular flexibility index (Phi) is 17.0. The van der Waals surface area contributed by atoms with Crippen LogP contribution in [0.15, 0.2) is 72.0 Å². The zero-order valence-electron chi connectivity index (χ0n) is 27.2. The molecule has 0 radical (unpaired) electrons. The van der Waals surface area contributed by atoms with Crippen molar-refractivity contribution < 1.29 is 62.4 Å². The molecule has 0 spiro atoms. The number of phenolic OH excluding ortho intramolecular Hbond substituents is 3. The summed E-state index contributed by atoms with van der Waals surface area (Å²) in [5.74, 6) is -4.09. The predicted octanol–water partition coefficient (Wildman–Crippen LogP) is 5.06. The van der Waals surface area contributed by atoms with Crippen molar-refractivity contribution in [3.8, 4) is 28.4 Å². The normalized spacial score (nSPS) is 12.3. The highest BCUT2D eigenvalue weighted by atomic mass is 79.9. The standard InChI is InChI=1S/C31H29Br3N4O13S3/c32-20-9-15(1-2-25(20)39)12-23(37-46)29(42)35-3-5-52-53-6-4-36-30(43)24(38-47)13-16-7-18(27(40)21(33)10-16)19-8-17(11-22(34)28(19)41)14-26(31(44)45)51-54(48,49)50/h1-2,7-11,14,39-41,46-47H,3-6,12-13H2,(H,35,42)(H,36,43)(H,44,45)(H,48,49,50)/b26-14?,37-23+,38-24+. The summed E-state index contributed by atoms with van der Waals surface area (Å²) in [4.78, 5) is 36.7. The van der Waals surface area contributed by atoms with Gasteiger partial charge in [-0.1, -0.05) is 38.0 Å². The Morgan fingerprint density at radius 3 is 1.76 bits per heavy atom. The van der Waals surface area contributed by atoms with E-state index in [4.69, 9.17) is 4.55 Å². The summed E-state index contributed by atoms with van der Waals surface area (Å²) < 4.78 is 35.8. The number of amides is 2. The summed E-state index contributed by atoms with van der Waals surface area (Å²) in [5, 5.41) is 70.9. The highest BCUT2D eigenvalue weighted by molar-refractivity contribution is 9.11. The summed E-state index contributed by atoms with van der Waals surface area (Å²) in [6.45, 7) is 0.436. The van der Waals surface area contributed by atoms with Gasteiger partial charge in [-0.15, -0.1) is 0 Å². The number of aliphatic carboxylic acids is 1. The molecule has 0 bridgehead atoms. The Labute approximate surface area is 340 Å². The van der Waals surface area contributed by atoms with Gasteiger partial charge in [-0.2, -0.15) is 8.42 Å². The molecule has 3 aromatic rings. The third-order valence-corrected chi connectivity index (χ3v) is 11.4. The molecule has 0 aliphatic rings. The van der Waals surface area contributed by atoms with Gasteiger partial charge in [-0.3, -0.25) is 14.1 Å². The monoisotopic (exact) mass is 998 g/mol. The van der Waals surface area contributed by atoms with Crippen LogP contribution < -0.4 is 10.6 Å². The van der Waals surface area contributed by atoms with Crippen molar-refractivity contribution in [2.45, 2.75) is 12.8 Å². The Bertz CT molecular complexity index is 2120. The van der Waals surface area contributed by atoms with Gasteiger partial charge in [0.15, 0.2) is 0 Å². The number of aromatic hydroxyl groups is 3. The van der Waals surface area contributed by atoms with Gasteiger partial charge in [0.05, 0.1) is 13.4 Å². The summed E-state index contributed by atoms with van der Waals surface area (Å²) in [7, 11) is -2.38. The fourth-order valence-corrected chi connectivity index (χ4v) is 7.93. The number of nitrogens with one attached hydrogen (secondary N) is 2. The minimum atomic E-state index is -5.19. The average Bonchev–Trinajstić information content (AvgIpc) is 3.10. The molecular formula is C31H29Br3N4O13S3. The summed E-state index contributed by atoms with van der Waals surface area (Å²) in [5.41, 5.74) is 0.438. The number of carboxylic acid groups (broad SMARTS) is 1. The number of rotatable bonds is 18. The lowest BCUT2D eigenvalue weighted by Crippen LogP contribution is -2.34. The van der Waals surface area contributed by atoms with E-state index in [1.54, 1.807) is 12.1 Å². The van der Waals surface area contributed by atoms with E-state index < -0.39 is 39.7 Å². The first-order valence-electron chi connectivity index (χ1n) is 14.8. The zero-order valence-corrected chi connectivity index (χ0v) is 34.4. The Hall–Kier alpha value is -4.00. The third kappa shape index (κ3) is 13.4. The maximum absolute atomic E-state index is 12.8. The molecule has 2 amide bonds. The number of carbonyl (C=O) groups excluding carboxylic acids is 2. The molecule has 0 saturated carbocycles. The Morgan fingerprint density at radius 1 is 0.759 bits per heavy atom. The number of phenols is 3. The van der Waals surface area contributed by atoms with Crippen LogP contribution in [0.5, 0.6) is 17.2 Å². The second-order valence-electron chi connectivity index (χ2n) is 10.6. The number of nitrogens with zero attached hydrogens (tertiary/aromatic N) is 2. The lowest BCUT2D eigenvalue weighted by molar-refractivity contribution is -0.135. The van der Waals surface area contributed by atoms with Crippen LogP contribution in [0.1, 0.15) is 16.7 Å². The molecule has 17 nitrogen and oxygen atoms in total. The average molecular weight is 1000 g/mol. The SMILES string of the molecule is O=C(O)C(=Cc1cc(Br)c(O)c(-c2cc(C/C(=N\O)C(=O)NCCSSCCNC(=O)/C(Cc3ccc(O)c(Br)c3)=N/O)cc(Br)c2O)c1)OS(=O)(=O)O. The fraction of sp³-hybridized carbons (Fsp3) is 0.194. The van der Waals surface area contributed by atoms with E-state index in [1.165, 1.54) is 51.9 Å². The van der Waals surface area contributed by atoms with Crippen LogP contribution in [0.4, 0.5) is 0 Å². The summed E-state index contributed by atoms with van der Waals surface area (Å²) in [6, 6.07) is 9.85. The van der Waals surface area contributed by atoms with Crippen molar-refractivity contribution in [2.75, 3.05) is 24.6 Å². The van der Waals surface area contributed by atoms with E-state index >= 15 is 0 Å². The van der Waals surface area contributed by atoms with Crippen molar-refractivity contribution in [3.05, 3.63) is 78.3 Å². The van der Waals surface area contributed by atoms with E-state index in [9.17, 15) is 53.6 Å². The minimum absolute atomic E-state index is 0.00227. The second-order valence-corrected chi connectivity index (χ2v) is 16.9. The number of carbonyl (C=O) groups is 3. The number of hydrogen-bond donors (Lipinski definition) is 9. The van der Waals surface area contributed by atoms with Crippen LogP contribution in [0.2, 0.25) is 0 Å². The van der Waals surface area contributed by atoms with Crippen LogP contribution in [0.25, 0.3) is 17.2 Å². The molecule has 0 saturated heterocycles. The molecule has 54 heavy (non-hydrogen) atoms. The van der Waals surface area contributed by atoms with E-state index in [0.29, 0.717) is 27.1 Å². The van der Waals surface area contributed by atoms with Crippen molar-refractivity contribution in [1.82, 2.24) is 10.6 Å². The van der Waals surface area contributed by atoms with E-state index in [-0.39, 0.29) is 74.5 Å². The molecule has 3 aromatic carbocycles. The van der Waals surface area contributed by atoms with Gasteiger partial charge >= 0.3 is 16.4 Å². The molecule has 0 aliphatic heterocycles. The maximum atomic E-state index is 12.8.